The van der Waals surface area contributed by atoms with Crippen molar-refractivity contribution in [1.82, 2.24) is 9.97 Å². The van der Waals surface area contributed by atoms with Crippen LogP contribution < -0.4 is 34.2 Å². The predicted molar refractivity (Wildman–Crippen MR) is 355 cm³/mol. The van der Waals surface area contributed by atoms with E-state index in [9.17, 15) is 19.2 Å². The van der Waals surface area contributed by atoms with Gasteiger partial charge in [0.05, 0.1) is 44.9 Å². The van der Waals surface area contributed by atoms with Gasteiger partial charge >= 0.3 is 0 Å². The van der Waals surface area contributed by atoms with Crippen LogP contribution in [0.15, 0.2) is 158 Å². The van der Waals surface area contributed by atoms with E-state index >= 15 is 0 Å². The zero-order valence-corrected chi connectivity index (χ0v) is 52.4. The van der Waals surface area contributed by atoms with Gasteiger partial charge in [0, 0.05) is 60.2 Å². The maximum Gasteiger partial charge on any atom is 0.235 e. The summed E-state index contributed by atoms with van der Waals surface area (Å²) in [5.74, 6) is 5.08. The first-order valence-corrected chi connectivity index (χ1v) is 28.0. The Bertz CT molecular complexity index is 3260. The maximum atomic E-state index is 13.1. The minimum Gasteiger partial charge on any atom is -0.493 e. The molecule has 2 aromatic heterocycles. The summed E-state index contributed by atoms with van der Waals surface area (Å²) in [7, 11) is 6.36. The fourth-order valence-electron chi connectivity index (χ4n) is 8.34. The van der Waals surface area contributed by atoms with Crippen LogP contribution in [0.4, 0.5) is 5.69 Å². The van der Waals surface area contributed by atoms with Crippen LogP contribution in [0, 0.1) is 10.8 Å². The fraction of sp³-hybridized carbons (Fsp3) is 0.333. The summed E-state index contributed by atoms with van der Waals surface area (Å²) in [6, 6.07) is 44.6. The molecule has 0 spiro atoms. The number of ether oxygens (including phenoxy) is 6. The molecule has 84 heavy (non-hydrogen) atoms. The Morgan fingerprint density at radius 1 is 0.440 bits per heavy atom. The van der Waals surface area contributed by atoms with Crippen molar-refractivity contribution < 1.29 is 47.6 Å². The standard InChI is InChI=1S/C30H27NO5.C17H16N2O3.C12H11ClO2.4C2H6.2CH4.HI/c1-34-26-18-23-24(19-27(26)35-2)31-15-12-25(23)36-22-10-8-21(9-11-22)17-29(33)30(13-14-30)28(32)16-20-6-4-3-5-7-20;1-20-16-9-13-14(10-17(16)21-2)19-8-7-15(13)22-12-5-3-11(18)4-6-12;13-11(15)12(6-7-12)10(14)8-9-4-2-1-3-5-9;4*1-2;;;/h3-12,15,18-19H,13-14,16-17H2,1-2H3;3-10H,18H2,1-2H3;1-5H,6-8H2;4*1-2H3;2*1H4;1H. The second-order valence-corrected chi connectivity index (χ2v) is 18.0. The number of carbonyl (C=O) groups is 4. The van der Waals surface area contributed by atoms with Crippen LogP contribution in [-0.4, -0.2) is 61.0 Å². The normalized spacial score (nSPS) is 12.0. The summed E-state index contributed by atoms with van der Waals surface area (Å²) in [5, 5.41) is 1.14. The summed E-state index contributed by atoms with van der Waals surface area (Å²) in [4.78, 5) is 57.7. The smallest absolute Gasteiger partial charge is 0.235 e. The number of nitrogens with two attached hydrogens (primary N) is 1. The van der Waals surface area contributed by atoms with Crippen LogP contribution in [0.25, 0.3) is 21.8 Å². The lowest BCUT2D eigenvalue weighted by Crippen LogP contribution is -2.28. The van der Waals surface area contributed by atoms with Crippen LogP contribution in [0.2, 0.25) is 0 Å². The highest BCUT2D eigenvalue weighted by atomic mass is 127. The van der Waals surface area contributed by atoms with Gasteiger partial charge in [-0.25, -0.2) is 0 Å². The molecule has 15 heteroatoms. The van der Waals surface area contributed by atoms with E-state index in [1.807, 2.05) is 183 Å². The Labute approximate surface area is 521 Å². The van der Waals surface area contributed by atoms with E-state index in [0.29, 0.717) is 90.2 Å². The van der Waals surface area contributed by atoms with E-state index in [-0.39, 0.29) is 62.6 Å². The molecular weight excluding hydrogens is 1190 g/mol. The average Bonchev–Trinajstić information content (AvgIpc) is 4.31. The molecule has 2 fully saturated rings. The van der Waals surface area contributed by atoms with E-state index in [0.717, 1.165) is 38.5 Å². The van der Waals surface area contributed by atoms with Crippen LogP contribution in [0.3, 0.4) is 0 Å². The monoisotopic (exact) mass is 1280 g/mol. The summed E-state index contributed by atoms with van der Waals surface area (Å²) in [5.41, 5.74) is 8.94. The average molecular weight is 1280 g/mol. The molecule has 0 saturated heterocycles. The molecule has 2 saturated carbocycles. The highest BCUT2D eigenvalue weighted by Gasteiger charge is 2.55. The van der Waals surface area contributed by atoms with Crippen molar-refractivity contribution >= 4 is 85.7 Å². The second-order valence-electron chi connectivity index (χ2n) is 17.7. The Morgan fingerprint density at radius 3 is 1.07 bits per heavy atom. The molecule has 8 aromatic rings. The molecule has 0 bridgehead atoms. The van der Waals surface area contributed by atoms with Gasteiger partial charge in [0.1, 0.15) is 28.4 Å². The molecule has 452 valence electrons. The molecule has 2 aliphatic rings. The van der Waals surface area contributed by atoms with Crippen molar-refractivity contribution in [1.29, 1.82) is 0 Å². The van der Waals surface area contributed by atoms with Gasteiger partial charge < -0.3 is 34.2 Å². The predicted octanol–water partition coefficient (Wildman–Crippen LogP) is 17.7. The van der Waals surface area contributed by atoms with E-state index in [2.05, 4.69) is 9.97 Å². The van der Waals surface area contributed by atoms with Crippen molar-refractivity contribution in [3.63, 3.8) is 0 Å². The third-order valence-corrected chi connectivity index (χ3v) is 13.3. The van der Waals surface area contributed by atoms with Crippen molar-refractivity contribution in [3.8, 4) is 46.0 Å². The highest BCUT2D eigenvalue weighted by molar-refractivity contribution is 14.0. The number of pyridine rings is 2. The number of fused-ring (bicyclic) bond motifs is 2. The summed E-state index contributed by atoms with van der Waals surface area (Å²) < 4.78 is 33.5. The molecule has 2 aliphatic carbocycles. The van der Waals surface area contributed by atoms with Crippen LogP contribution >= 0.6 is 35.6 Å². The fourth-order valence-corrected chi connectivity index (χ4v) is 8.64. The number of nitrogens with zero attached hydrogens (tertiary/aromatic N) is 2. The first-order valence-electron chi connectivity index (χ1n) is 27.6. The number of aromatic nitrogens is 2. The van der Waals surface area contributed by atoms with E-state index in [4.69, 9.17) is 45.8 Å². The Kier molecular flexibility index (Phi) is 33.3. The molecule has 13 nitrogen and oxygen atoms in total. The molecule has 0 radical (unpaired) electrons. The zero-order valence-electron chi connectivity index (χ0n) is 49.3. The maximum absolute atomic E-state index is 13.1. The zero-order chi connectivity index (χ0) is 59.5. The minimum absolute atomic E-state index is 0. The molecule has 0 amide bonds. The van der Waals surface area contributed by atoms with Crippen molar-refractivity contribution in [2.24, 2.45) is 10.8 Å². The molecule has 0 unspecified atom stereocenters. The van der Waals surface area contributed by atoms with Crippen LogP contribution in [0.1, 0.15) is 113 Å². The van der Waals surface area contributed by atoms with Gasteiger partial charge in [-0.2, -0.15) is 0 Å². The molecule has 10 rings (SSSR count). The van der Waals surface area contributed by atoms with Crippen LogP contribution in [-0.2, 0) is 38.4 Å². The van der Waals surface area contributed by atoms with Gasteiger partial charge in [0.2, 0.25) is 5.24 Å². The highest BCUT2D eigenvalue weighted by Crippen LogP contribution is 2.50. The number of ketones is 3. The summed E-state index contributed by atoms with van der Waals surface area (Å²) >= 11 is 5.43. The largest absolute Gasteiger partial charge is 0.493 e. The van der Waals surface area contributed by atoms with E-state index in [1.165, 1.54) is 0 Å². The first kappa shape index (κ1) is 74.5. The minimum atomic E-state index is -0.850. The number of hydrogen-bond acceptors (Lipinski definition) is 13. The number of hydrogen-bond donors (Lipinski definition) is 1. The van der Waals surface area contributed by atoms with Gasteiger partial charge in [-0.15, -0.1) is 24.0 Å². The van der Waals surface area contributed by atoms with E-state index < -0.39 is 16.1 Å². The van der Waals surface area contributed by atoms with Gasteiger partial charge in [0.25, 0.3) is 0 Å². The number of Topliss-reactive ketones (excluding diaryl/α,β-unsaturated/α-hetero) is 3. The topological polar surface area (TPSA) is 175 Å². The third kappa shape index (κ3) is 19.8. The quantitative estimate of drug-likeness (QED) is 0.0372. The number of rotatable bonds is 18. The van der Waals surface area contributed by atoms with Gasteiger partial charge in [-0.3, -0.25) is 29.1 Å². The van der Waals surface area contributed by atoms with Gasteiger partial charge in [0.15, 0.2) is 40.3 Å². The molecule has 2 heterocycles. The number of anilines is 1. The summed E-state index contributed by atoms with van der Waals surface area (Å²) in [6.45, 7) is 16.0. The number of halogens is 2. The Morgan fingerprint density at radius 2 is 0.750 bits per heavy atom. The molecule has 2 N–H and O–H groups in total. The molecule has 0 aliphatic heterocycles. The first-order chi connectivity index (χ1) is 39.4. The lowest BCUT2D eigenvalue weighted by atomic mass is 9.88. The van der Waals surface area contributed by atoms with Crippen molar-refractivity contribution in [2.45, 2.75) is 115 Å². The SMILES string of the molecule is C.C.CC.CC.CC.CC.COc1cc2nccc(Oc3ccc(CC(=O)C4(C(=O)Cc5ccccc5)CC4)cc3)c2cc1OC.COc1cc2nccc(Oc3ccc(N)cc3)c2cc1OC.I.O=C(Cl)C1(C(=O)Cc2ccccc2)CC1. The lowest BCUT2D eigenvalue weighted by molar-refractivity contribution is -0.134. The summed E-state index contributed by atoms with van der Waals surface area (Å²) in [6.07, 6.45) is 6.72. The van der Waals surface area contributed by atoms with Crippen molar-refractivity contribution in [2.75, 3.05) is 34.2 Å². The van der Waals surface area contributed by atoms with Gasteiger partial charge in [-0.05, 0) is 115 Å². The molecular formula is C69H87ClIN3O10. The molecule has 0 atom stereocenters. The van der Waals surface area contributed by atoms with Crippen molar-refractivity contribution in [3.05, 3.63) is 175 Å². The number of nitrogen functional groups attached to an aromatic ring is 1. The third-order valence-electron chi connectivity index (χ3n) is 12.9. The number of benzene rings is 6. The number of carbonyl (C=O) groups excluding carboxylic acids is 4. The number of methoxy groups -OCH3 is 4. The second kappa shape index (κ2) is 37.6. The molecule has 6 aromatic carbocycles. The van der Waals surface area contributed by atoms with Gasteiger partial charge in [-0.1, -0.05) is 143 Å². The van der Waals surface area contributed by atoms with Crippen LogP contribution in [0.5, 0.6) is 46.0 Å². The Balaban J connectivity index is 0.000000630. The lowest BCUT2D eigenvalue weighted by Gasteiger charge is -2.14. The van der Waals surface area contributed by atoms with E-state index in [1.54, 1.807) is 59.0 Å². The Hall–Kier alpha value is -7.56.